The van der Waals surface area contributed by atoms with Gasteiger partial charge in [0.25, 0.3) is 11.8 Å². The number of carbonyl (C=O) groups excluding carboxylic acids is 2. The minimum atomic E-state index is -4.43. The summed E-state index contributed by atoms with van der Waals surface area (Å²) < 4.78 is 57.5. The Morgan fingerprint density at radius 2 is 1.55 bits per heavy atom. The van der Waals surface area contributed by atoms with E-state index in [-0.39, 0.29) is 28.6 Å². The lowest BCUT2D eigenvalue weighted by Gasteiger charge is -2.20. The van der Waals surface area contributed by atoms with Gasteiger partial charge in [0.15, 0.2) is 0 Å². The molecule has 0 aliphatic heterocycles. The van der Waals surface area contributed by atoms with Gasteiger partial charge < -0.3 is 24.5 Å². The van der Waals surface area contributed by atoms with Crippen LogP contribution in [0.2, 0.25) is 0 Å². The number of hydrogen-bond acceptors (Lipinski definition) is 6. The number of ether oxygens (including phenoxy) is 2. The van der Waals surface area contributed by atoms with Crippen molar-refractivity contribution in [3.63, 3.8) is 0 Å². The van der Waals surface area contributed by atoms with Gasteiger partial charge in [-0.2, -0.15) is 13.2 Å². The van der Waals surface area contributed by atoms with Crippen LogP contribution in [0, 0.1) is 0 Å². The fourth-order valence-corrected chi connectivity index (χ4v) is 5.03. The summed E-state index contributed by atoms with van der Waals surface area (Å²) in [5.41, 5.74) is 1.48. The van der Waals surface area contributed by atoms with E-state index in [0.717, 1.165) is 0 Å². The molecule has 0 spiro atoms. The first-order chi connectivity index (χ1) is 22.2. The van der Waals surface area contributed by atoms with Gasteiger partial charge in [-0.1, -0.05) is 18.2 Å². The second-order valence-corrected chi connectivity index (χ2v) is 11.9. The Morgan fingerprint density at radius 1 is 0.851 bits per heavy atom. The summed E-state index contributed by atoms with van der Waals surface area (Å²) in [7, 11) is 3.03. The van der Waals surface area contributed by atoms with E-state index >= 15 is 0 Å². The van der Waals surface area contributed by atoms with Crippen LogP contribution >= 0.6 is 0 Å². The molecule has 0 saturated carbocycles. The molecular weight excluding hydrogens is 611 g/mol. The molecule has 11 heteroatoms. The van der Waals surface area contributed by atoms with E-state index in [1.165, 1.54) is 7.05 Å². The number of halogens is 3. The molecule has 0 aliphatic rings. The Morgan fingerprint density at radius 3 is 2.21 bits per heavy atom. The van der Waals surface area contributed by atoms with Crippen LogP contribution in [-0.4, -0.2) is 42.7 Å². The van der Waals surface area contributed by atoms with Gasteiger partial charge in [0, 0.05) is 41.8 Å². The number of nitrogens with one attached hydrogen (secondary N) is 2. The molecular formula is C36H34F3N3O5. The average molecular weight is 646 g/mol. The maximum Gasteiger partial charge on any atom is 0.389 e. The van der Waals surface area contributed by atoms with Gasteiger partial charge >= 0.3 is 6.18 Å². The van der Waals surface area contributed by atoms with Crippen molar-refractivity contribution in [3.8, 4) is 39.7 Å². The van der Waals surface area contributed by atoms with E-state index in [1.807, 2.05) is 20.8 Å². The fraction of sp³-hybridized carbons (Fsp3) is 0.250. The van der Waals surface area contributed by atoms with Crippen LogP contribution in [0.1, 0.15) is 53.6 Å². The predicted molar refractivity (Wildman–Crippen MR) is 173 cm³/mol. The Labute approximate surface area is 269 Å². The highest BCUT2D eigenvalue weighted by atomic mass is 19.4. The first kappa shape index (κ1) is 33.1. The number of pyridine rings is 1. The van der Waals surface area contributed by atoms with Gasteiger partial charge in [0.1, 0.15) is 23.0 Å². The van der Waals surface area contributed by atoms with Gasteiger partial charge in [0.05, 0.1) is 23.8 Å². The maximum absolute atomic E-state index is 13.4. The lowest BCUT2D eigenvalue weighted by Crippen LogP contribution is -2.40. The lowest BCUT2D eigenvalue weighted by atomic mass is 9.96. The zero-order valence-corrected chi connectivity index (χ0v) is 26.5. The number of fused-ring (bicyclic) bond motifs is 1. The van der Waals surface area contributed by atoms with Crippen molar-refractivity contribution in [2.24, 2.45) is 0 Å². The quantitative estimate of drug-likeness (QED) is 0.167. The van der Waals surface area contributed by atoms with Crippen molar-refractivity contribution < 1.29 is 36.7 Å². The number of aryl methyl sites for hydroxylation is 1. The number of aromatic nitrogens is 1. The molecule has 0 saturated heterocycles. The molecule has 2 N–H and O–H groups in total. The van der Waals surface area contributed by atoms with Crippen LogP contribution in [0.4, 0.5) is 13.2 Å². The molecule has 3 aromatic carbocycles. The van der Waals surface area contributed by atoms with E-state index in [1.54, 1.807) is 86.0 Å². The summed E-state index contributed by atoms with van der Waals surface area (Å²) >= 11 is 0. The van der Waals surface area contributed by atoms with Crippen LogP contribution in [0.3, 0.4) is 0 Å². The molecule has 2 aromatic heterocycles. The van der Waals surface area contributed by atoms with Crippen molar-refractivity contribution in [1.82, 2.24) is 15.6 Å². The number of hydrogen-bond donors (Lipinski definition) is 2. The topological polar surface area (TPSA) is 103 Å². The van der Waals surface area contributed by atoms with Gasteiger partial charge in [-0.3, -0.25) is 9.59 Å². The SMILES string of the molecule is CNC(=O)c1c(-c2ccc(Oc3cccc(OC)c3)cc2)oc2nc(CCC(F)(F)F)c(-c3cccc(C(=O)NC(C)(C)C)c3)cc12. The summed E-state index contributed by atoms with van der Waals surface area (Å²) in [5.74, 6) is 1.11. The largest absolute Gasteiger partial charge is 0.497 e. The summed E-state index contributed by atoms with van der Waals surface area (Å²) in [5, 5.41) is 5.83. The van der Waals surface area contributed by atoms with E-state index < -0.39 is 30.5 Å². The van der Waals surface area contributed by atoms with Crippen molar-refractivity contribution in [2.45, 2.75) is 45.3 Å². The normalized spacial score (nSPS) is 11.7. The van der Waals surface area contributed by atoms with Crippen LogP contribution in [0.25, 0.3) is 33.6 Å². The van der Waals surface area contributed by atoms with Gasteiger partial charge in [-0.05, 0) is 87.4 Å². The highest BCUT2D eigenvalue weighted by molar-refractivity contribution is 6.11. The molecule has 0 bridgehead atoms. The number of alkyl halides is 3. The molecule has 0 atom stereocenters. The number of amides is 2. The molecule has 244 valence electrons. The number of methoxy groups -OCH3 is 1. The minimum absolute atomic E-state index is 0.0119. The van der Waals surface area contributed by atoms with E-state index in [4.69, 9.17) is 13.9 Å². The third-order valence-corrected chi connectivity index (χ3v) is 7.18. The summed E-state index contributed by atoms with van der Waals surface area (Å²) in [6, 6.07) is 22.1. The summed E-state index contributed by atoms with van der Waals surface area (Å²) in [6.45, 7) is 5.54. The lowest BCUT2D eigenvalue weighted by molar-refractivity contribution is -0.134. The van der Waals surface area contributed by atoms with Crippen LogP contribution < -0.4 is 20.1 Å². The standard InChI is InChI=1S/C36H34F3N3O5/c1-35(2,3)42-32(43)23-9-6-8-22(18-23)27-20-28-30(33(44)40-4)31(47-34(28)41-29(27)16-17-36(37,38)39)21-12-14-24(15-13-21)46-26-11-7-10-25(19-26)45-5/h6-15,18-20H,16-17H2,1-5H3,(H,40,44)(H,42,43). The molecule has 2 amide bonds. The van der Waals surface area contributed by atoms with Gasteiger partial charge in [0.2, 0.25) is 5.71 Å². The molecule has 0 unspecified atom stereocenters. The minimum Gasteiger partial charge on any atom is -0.497 e. The van der Waals surface area contributed by atoms with Crippen molar-refractivity contribution >= 4 is 22.9 Å². The first-order valence-electron chi connectivity index (χ1n) is 14.8. The van der Waals surface area contributed by atoms with Crippen molar-refractivity contribution in [1.29, 1.82) is 0 Å². The number of benzene rings is 3. The molecule has 5 rings (SSSR count). The molecule has 0 fully saturated rings. The van der Waals surface area contributed by atoms with Crippen molar-refractivity contribution in [3.05, 3.63) is 95.7 Å². The van der Waals surface area contributed by atoms with E-state index in [0.29, 0.717) is 44.9 Å². The predicted octanol–water partition coefficient (Wildman–Crippen LogP) is 8.35. The molecule has 8 nitrogen and oxygen atoms in total. The van der Waals surface area contributed by atoms with Crippen LogP contribution in [0.15, 0.2) is 83.3 Å². The second kappa shape index (κ2) is 13.2. The molecule has 2 heterocycles. The highest BCUT2D eigenvalue weighted by Gasteiger charge is 2.29. The fourth-order valence-electron chi connectivity index (χ4n) is 5.03. The summed E-state index contributed by atoms with van der Waals surface area (Å²) in [6.07, 6.45) is -5.99. The van der Waals surface area contributed by atoms with Gasteiger partial charge in [-0.15, -0.1) is 0 Å². The number of carbonyl (C=O) groups is 2. The Balaban J connectivity index is 1.60. The van der Waals surface area contributed by atoms with E-state index in [2.05, 4.69) is 15.6 Å². The Bertz CT molecular complexity index is 1930. The number of nitrogens with zero attached hydrogens (tertiary/aromatic N) is 1. The zero-order chi connectivity index (χ0) is 33.9. The third-order valence-electron chi connectivity index (χ3n) is 7.18. The number of rotatable bonds is 9. The molecule has 0 radical (unpaired) electrons. The molecule has 5 aromatic rings. The molecule has 47 heavy (non-hydrogen) atoms. The monoisotopic (exact) mass is 645 g/mol. The summed E-state index contributed by atoms with van der Waals surface area (Å²) in [4.78, 5) is 30.7. The third kappa shape index (κ3) is 7.92. The second-order valence-electron chi connectivity index (χ2n) is 11.9. The Kier molecular flexibility index (Phi) is 9.28. The maximum atomic E-state index is 13.4. The van der Waals surface area contributed by atoms with Crippen LogP contribution in [0.5, 0.6) is 17.2 Å². The van der Waals surface area contributed by atoms with Crippen LogP contribution in [-0.2, 0) is 6.42 Å². The van der Waals surface area contributed by atoms with Gasteiger partial charge in [-0.25, -0.2) is 4.98 Å². The first-order valence-corrected chi connectivity index (χ1v) is 14.8. The average Bonchev–Trinajstić information content (AvgIpc) is 3.40. The highest BCUT2D eigenvalue weighted by Crippen LogP contribution is 2.38. The van der Waals surface area contributed by atoms with Crippen molar-refractivity contribution in [2.75, 3.05) is 14.2 Å². The zero-order valence-electron chi connectivity index (χ0n) is 26.5. The Hall–Kier alpha value is -5.32. The number of furan rings is 1. The smallest absolute Gasteiger partial charge is 0.389 e. The molecule has 0 aliphatic carbocycles. The van der Waals surface area contributed by atoms with E-state index in [9.17, 15) is 22.8 Å².